The van der Waals surface area contributed by atoms with Crippen molar-refractivity contribution in [2.24, 2.45) is 0 Å². The van der Waals surface area contributed by atoms with Gasteiger partial charge in [-0.3, -0.25) is 4.79 Å². The van der Waals surface area contributed by atoms with Crippen LogP contribution in [0.2, 0.25) is 5.02 Å². The predicted molar refractivity (Wildman–Crippen MR) is 71.6 cm³/mol. The van der Waals surface area contributed by atoms with Crippen molar-refractivity contribution in [2.75, 3.05) is 6.54 Å². The Bertz CT molecular complexity index is 442. The summed E-state index contributed by atoms with van der Waals surface area (Å²) in [5, 5.41) is 10.3. The second-order valence-corrected chi connectivity index (χ2v) is 5.91. The highest BCUT2D eigenvalue weighted by Crippen LogP contribution is 2.29. The molecule has 1 heterocycles. The zero-order chi connectivity index (χ0) is 13.3. The first-order valence-corrected chi connectivity index (χ1v) is 6.49. The SMILES string of the molecule is CC1(C)CC(O)CN1C(=O)Cc1ccc(Cl)cc1. The summed E-state index contributed by atoms with van der Waals surface area (Å²) in [5.41, 5.74) is 0.685. The van der Waals surface area contributed by atoms with Crippen molar-refractivity contribution in [3.8, 4) is 0 Å². The number of aliphatic hydroxyl groups is 1. The highest BCUT2D eigenvalue weighted by molar-refractivity contribution is 6.30. The van der Waals surface area contributed by atoms with Gasteiger partial charge in [-0.1, -0.05) is 23.7 Å². The lowest BCUT2D eigenvalue weighted by Crippen LogP contribution is -2.43. The highest BCUT2D eigenvalue weighted by atomic mass is 35.5. The topological polar surface area (TPSA) is 40.5 Å². The summed E-state index contributed by atoms with van der Waals surface area (Å²) in [5.74, 6) is 0.0545. The van der Waals surface area contributed by atoms with Gasteiger partial charge in [0.15, 0.2) is 0 Å². The predicted octanol–water partition coefficient (Wildman–Crippen LogP) is 2.25. The molecule has 0 radical (unpaired) electrons. The van der Waals surface area contributed by atoms with Gasteiger partial charge in [-0.15, -0.1) is 0 Å². The largest absolute Gasteiger partial charge is 0.391 e. The molecule has 1 amide bonds. The molecule has 2 rings (SSSR count). The Balaban J connectivity index is 2.06. The van der Waals surface area contributed by atoms with E-state index in [-0.39, 0.29) is 11.4 Å². The third kappa shape index (κ3) is 2.85. The van der Waals surface area contributed by atoms with Crippen LogP contribution >= 0.6 is 11.6 Å². The normalized spacial score (nSPS) is 22.2. The molecule has 18 heavy (non-hydrogen) atoms. The van der Waals surface area contributed by atoms with E-state index in [1.807, 2.05) is 26.0 Å². The number of carbonyl (C=O) groups is 1. The van der Waals surface area contributed by atoms with Crippen molar-refractivity contribution >= 4 is 17.5 Å². The van der Waals surface area contributed by atoms with Crippen LogP contribution in [-0.4, -0.2) is 34.1 Å². The number of likely N-dealkylation sites (tertiary alicyclic amines) is 1. The number of carbonyl (C=O) groups excluding carboxylic acids is 1. The molecule has 0 spiro atoms. The first-order valence-electron chi connectivity index (χ1n) is 6.11. The molecule has 1 N–H and O–H groups in total. The average Bonchev–Trinajstić information content (AvgIpc) is 2.55. The van der Waals surface area contributed by atoms with Crippen molar-refractivity contribution < 1.29 is 9.90 Å². The molecular formula is C14H18ClNO2. The molecule has 1 aromatic rings. The summed E-state index contributed by atoms with van der Waals surface area (Å²) in [6.07, 6.45) is 0.585. The lowest BCUT2D eigenvalue weighted by atomic mass is 10.0. The van der Waals surface area contributed by atoms with E-state index in [1.165, 1.54) is 0 Å². The van der Waals surface area contributed by atoms with Gasteiger partial charge in [0.2, 0.25) is 5.91 Å². The molecular weight excluding hydrogens is 250 g/mol. The number of benzene rings is 1. The quantitative estimate of drug-likeness (QED) is 0.893. The number of hydrogen-bond acceptors (Lipinski definition) is 2. The van der Waals surface area contributed by atoms with E-state index < -0.39 is 6.10 Å². The van der Waals surface area contributed by atoms with E-state index in [9.17, 15) is 9.90 Å². The molecule has 0 aliphatic carbocycles. The van der Waals surface area contributed by atoms with Gasteiger partial charge < -0.3 is 10.0 Å². The molecule has 0 bridgehead atoms. The zero-order valence-electron chi connectivity index (χ0n) is 10.7. The molecule has 1 saturated heterocycles. The zero-order valence-corrected chi connectivity index (χ0v) is 11.4. The number of halogens is 1. The number of nitrogens with zero attached hydrogens (tertiary/aromatic N) is 1. The van der Waals surface area contributed by atoms with Crippen molar-refractivity contribution in [3.63, 3.8) is 0 Å². The molecule has 1 unspecified atom stereocenters. The Labute approximate surface area is 112 Å². The first kappa shape index (κ1) is 13.4. The van der Waals surface area contributed by atoms with Crippen molar-refractivity contribution in [2.45, 2.75) is 38.3 Å². The summed E-state index contributed by atoms with van der Waals surface area (Å²) < 4.78 is 0. The number of aliphatic hydroxyl groups excluding tert-OH is 1. The summed E-state index contributed by atoms with van der Waals surface area (Å²) in [4.78, 5) is 14.0. The minimum absolute atomic E-state index is 0.0545. The van der Waals surface area contributed by atoms with Crippen LogP contribution in [0, 0.1) is 0 Å². The monoisotopic (exact) mass is 267 g/mol. The van der Waals surface area contributed by atoms with Crippen LogP contribution in [0.1, 0.15) is 25.8 Å². The molecule has 1 aliphatic rings. The van der Waals surface area contributed by atoms with Crippen LogP contribution in [0.15, 0.2) is 24.3 Å². The molecule has 1 fully saturated rings. The van der Waals surface area contributed by atoms with Gasteiger partial charge in [0.25, 0.3) is 0 Å². The fraction of sp³-hybridized carbons (Fsp3) is 0.500. The van der Waals surface area contributed by atoms with Crippen LogP contribution in [0.25, 0.3) is 0 Å². The average molecular weight is 268 g/mol. The van der Waals surface area contributed by atoms with Crippen LogP contribution in [0.4, 0.5) is 0 Å². The molecule has 98 valence electrons. The molecule has 0 saturated carbocycles. The van der Waals surface area contributed by atoms with Gasteiger partial charge in [0.1, 0.15) is 0 Å². The van der Waals surface area contributed by atoms with Gasteiger partial charge in [-0.25, -0.2) is 0 Å². The second kappa shape index (κ2) is 4.90. The lowest BCUT2D eigenvalue weighted by Gasteiger charge is -2.31. The van der Waals surface area contributed by atoms with E-state index in [0.29, 0.717) is 24.4 Å². The van der Waals surface area contributed by atoms with Gasteiger partial charge >= 0.3 is 0 Å². The van der Waals surface area contributed by atoms with E-state index in [4.69, 9.17) is 11.6 Å². The van der Waals surface area contributed by atoms with Crippen molar-refractivity contribution in [3.05, 3.63) is 34.9 Å². The Hall–Kier alpha value is -1.06. The molecule has 4 heteroatoms. The minimum atomic E-state index is -0.408. The first-order chi connectivity index (χ1) is 8.38. The van der Waals surface area contributed by atoms with Gasteiger partial charge in [0, 0.05) is 17.1 Å². The molecule has 1 atom stereocenters. The Morgan fingerprint density at radius 1 is 1.44 bits per heavy atom. The Kier molecular flexibility index (Phi) is 3.64. The maximum atomic E-state index is 12.2. The molecule has 1 aliphatic heterocycles. The number of hydrogen-bond donors (Lipinski definition) is 1. The second-order valence-electron chi connectivity index (χ2n) is 5.48. The lowest BCUT2D eigenvalue weighted by molar-refractivity contribution is -0.133. The fourth-order valence-corrected chi connectivity index (χ4v) is 2.65. The van der Waals surface area contributed by atoms with Gasteiger partial charge in [-0.2, -0.15) is 0 Å². The standard InChI is InChI=1S/C14H18ClNO2/c1-14(2)8-12(17)9-16(14)13(18)7-10-3-5-11(15)6-4-10/h3-6,12,17H,7-9H2,1-2H3. The molecule has 3 nitrogen and oxygen atoms in total. The maximum absolute atomic E-state index is 12.2. The third-order valence-electron chi connectivity index (χ3n) is 3.43. The van der Waals surface area contributed by atoms with Crippen LogP contribution in [0.5, 0.6) is 0 Å². The minimum Gasteiger partial charge on any atom is -0.391 e. The third-order valence-corrected chi connectivity index (χ3v) is 3.68. The van der Waals surface area contributed by atoms with Crippen molar-refractivity contribution in [1.82, 2.24) is 4.90 Å². The summed E-state index contributed by atoms with van der Waals surface area (Å²) >= 11 is 5.81. The Morgan fingerprint density at radius 2 is 2.06 bits per heavy atom. The van der Waals surface area contributed by atoms with Gasteiger partial charge in [-0.05, 0) is 38.0 Å². The molecule has 1 aromatic carbocycles. The summed E-state index contributed by atoms with van der Waals surface area (Å²) in [6.45, 7) is 4.41. The molecule has 0 aromatic heterocycles. The maximum Gasteiger partial charge on any atom is 0.227 e. The summed E-state index contributed by atoms with van der Waals surface area (Å²) in [7, 11) is 0. The van der Waals surface area contributed by atoms with Gasteiger partial charge in [0.05, 0.1) is 12.5 Å². The van der Waals surface area contributed by atoms with E-state index in [2.05, 4.69) is 0 Å². The van der Waals surface area contributed by atoms with E-state index >= 15 is 0 Å². The van der Waals surface area contributed by atoms with Crippen molar-refractivity contribution in [1.29, 1.82) is 0 Å². The Morgan fingerprint density at radius 3 is 2.56 bits per heavy atom. The number of β-amino-alcohol motifs (C(OH)–C–C–N with tert-alkyl or cyclic N) is 1. The van der Waals surface area contributed by atoms with Crippen LogP contribution in [-0.2, 0) is 11.2 Å². The van der Waals surface area contributed by atoms with Crippen LogP contribution in [0.3, 0.4) is 0 Å². The fourth-order valence-electron chi connectivity index (χ4n) is 2.52. The number of rotatable bonds is 2. The number of amides is 1. The smallest absolute Gasteiger partial charge is 0.227 e. The van der Waals surface area contributed by atoms with E-state index in [1.54, 1.807) is 17.0 Å². The highest BCUT2D eigenvalue weighted by Gasteiger charge is 2.40. The van der Waals surface area contributed by atoms with E-state index in [0.717, 1.165) is 5.56 Å². The summed E-state index contributed by atoms with van der Waals surface area (Å²) in [6, 6.07) is 7.29. The van der Waals surface area contributed by atoms with Crippen LogP contribution < -0.4 is 0 Å².